The van der Waals surface area contributed by atoms with Gasteiger partial charge >= 0.3 is 6.03 Å². The average Bonchev–Trinajstić information content (AvgIpc) is 1.63. The monoisotopic (exact) mass is 1880 g/mol. The van der Waals surface area contributed by atoms with Gasteiger partial charge in [-0.2, -0.15) is 20.4 Å². The number of urea groups is 1. The van der Waals surface area contributed by atoms with Crippen LogP contribution in [0.5, 0.6) is 0 Å². The highest BCUT2D eigenvalue weighted by molar-refractivity contribution is 6.10. The van der Waals surface area contributed by atoms with E-state index in [1.165, 1.54) is 24.8 Å². The standard InChI is InChI=1S/C24H22N10O3.C24H23N9O2.C23H19N9O2.C23H21N9O2/c1-25-23(35)17-11-27-12-18-19(17)31-22(30-18)20-16-7-14(9-28-21(16)33-32-20)13-6-15(10-26-8-13)29-24(36)34-2-4-37-5-3-34;1-12(2)4-19(34)29-15-5-13(7-26-9-15)14-6-16-21(32-33-22(16)28-8-14)23-30-18-11-27-10-17(20(18)31-23)24(35)25-3;1-24-23(34)16-9-26-10-17-18(16)30-21(29-17)19-15-5-13(7-27-20(15)32-31-19)12-4-14(8-25-6-12)28-22(33)11-2-3-11;1-11(2)22(33)28-14-4-12(6-25-8-14)13-5-15-19(31-32-20(15)27-7-13)21-29-17-10-26-9-16(18(17)30-21)23(34)24-3/h6-12H,2-5H2,1H3,(H,25,35)(H,29,36)(H,30,31)(H,28,32,33);5-12H,4H2,1-3H3,(H,25,35)(H,29,34)(H,30,31)(H,28,32,33);4-11H,2-3H2,1H3,(H,24,34)(H,28,33)(H,29,30)(H,27,31,32);4-11H,1-3H3,(H,24,34)(H,28,33)(H,29,30)(H,27,31,32). The Hall–Kier alpha value is -18.9. The molecule has 2 aliphatic rings. The van der Waals surface area contributed by atoms with Crippen molar-refractivity contribution in [2.45, 2.75) is 47.0 Å². The molecule has 20 aromatic rings. The molecule has 9 amide bonds. The van der Waals surface area contributed by atoms with Crippen LogP contribution in [0.2, 0.25) is 0 Å². The third-order valence-electron chi connectivity index (χ3n) is 22.8. The molecule has 0 aromatic carbocycles. The number of H-pyrrole nitrogens is 8. The number of fused-ring (bicyclic) bond motifs is 8. The molecule has 0 bridgehead atoms. The molecule has 1 saturated heterocycles. The van der Waals surface area contributed by atoms with Crippen LogP contribution in [0.25, 0.3) is 179 Å². The van der Waals surface area contributed by atoms with E-state index in [0.717, 1.165) is 78.9 Å². The molecule has 2 fully saturated rings. The number of carbonyl (C=O) groups excluding carboxylic acids is 8. The Morgan fingerprint density at radius 3 is 0.950 bits per heavy atom. The number of morpholine rings is 1. The normalized spacial score (nSPS) is 12.4. The minimum atomic E-state index is -0.275. The van der Waals surface area contributed by atoms with Gasteiger partial charge < -0.3 is 72.1 Å². The first kappa shape index (κ1) is 90.3. The van der Waals surface area contributed by atoms with Crippen LogP contribution in [0.15, 0.2) is 172 Å². The Morgan fingerprint density at radius 1 is 0.357 bits per heavy atom. The van der Waals surface area contributed by atoms with E-state index >= 15 is 0 Å². The molecule has 20 aromatic heterocycles. The molecule has 1 aliphatic carbocycles. The highest BCUT2D eigenvalue weighted by Gasteiger charge is 2.31. The molecule has 21 heterocycles. The van der Waals surface area contributed by atoms with Crippen molar-refractivity contribution in [3.8, 4) is 90.6 Å². The summed E-state index contributed by atoms with van der Waals surface area (Å²) in [6, 6.07) is 15.0. The SMILES string of the molecule is CNC(=O)c1cncc2[nH]c(-c3[nH]nc4ncc(-c5cncc(NC(=O)C(C)C)c5)cc34)nc12.CNC(=O)c1cncc2[nH]c(-c3[nH]nc4ncc(-c5cncc(NC(=O)C6CC6)c5)cc34)nc12.CNC(=O)c1cncc2[nH]c(-c3[nH]nc4ncc(-c5cncc(NC(=O)CC(C)C)c5)cc34)nc12.CNC(=O)c1cncc2[nH]c(-c3[nH]nc4ncc(-c5cncc(NC(=O)N6CCOCC6)c5)cc34)nc12. The van der Waals surface area contributed by atoms with E-state index in [9.17, 15) is 38.4 Å². The number of pyridine rings is 12. The van der Waals surface area contributed by atoms with Crippen molar-refractivity contribution in [1.29, 1.82) is 0 Å². The Labute approximate surface area is 790 Å². The summed E-state index contributed by atoms with van der Waals surface area (Å²) in [7, 11) is 6.24. The Kier molecular flexibility index (Phi) is 25.1. The van der Waals surface area contributed by atoms with Gasteiger partial charge in [0.1, 0.15) is 44.8 Å². The summed E-state index contributed by atoms with van der Waals surface area (Å²) in [4.78, 5) is 182. The van der Waals surface area contributed by atoms with Crippen molar-refractivity contribution in [2.75, 3.05) is 75.8 Å². The third kappa shape index (κ3) is 18.9. The van der Waals surface area contributed by atoms with Gasteiger partial charge in [-0.15, -0.1) is 0 Å². The highest BCUT2D eigenvalue weighted by atomic mass is 16.5. The first-order valence-electron chi connectivity index (χ1n) is 44.1. The number of hydrogen-bond acceptors (Lipinski definition) is 29. The second-order valence-electron chi connectivity index (χ2n) is 33.2. The molecule has 16 N–H and O–H groups in total. The van der Waals surface area contributed by atoms with Gasteiger partial charge in [-0.25, -0.2) is 44.7 Å². The molecule has 140 heavy (non-hydrogen) atoms. The maximum atomic E-state index is 12.6. The molecule has 0 atom stereocenters. The van der Waals surface area contributed by atoms with Gasteiger partial charge in [0, 0.05) is 178 Å². The third-order valence-corrected chi connectivity index (χ3v) is 22.8. The fourth-order valence-corrected chi connectivity index (χ4v) is 15.5. The van der Waals surface area contributed by atoms with Crippen LogP contribution < -0.4 is 42.5 Å². The zero-order valence-electron chi connectivity index (χ0n) is 75.9. The van der Waals surface area contributed by atoms with Gasteiger partial charge in [-0.05, 0) is 67.3 Å². The summed E-state index contributed by atoms with van der Waals surface area (Å²) in [5.41, 5.74) is 19.4. The van der Waals surface area contributed by atoms with Gasteiger partial charge in [-0.1, -0.05) is 27.7 Å². The molecule has 22 rings (SSSR count). The van der Waals surface area contributed by atoms with Crippen molar-refractivity contribution >= 4 is 158 Å². The van der Waals surface area contributed by atoms with Gasteiger partial charge in [0.25, 0.3) is 23.6 Å². The van der Waals surface area contributed by atoms with E-state index in [4.69, 9.17) is 4.74 Å². The predicted octanol–water partition coefficient (Wildman–Crippen LogP) is 11.1. The molecular weight excluding hydrogens is 1790 g/mol. The molecule has 0 radical (unpaired) electrons. The van der Waals surface area contributed by atoms with E-state index in [2.05, 4.69) is 183 Å². The highest BCUT2D eigenvalue weighted by Crippen LogP contribution is 2.38. The van der Waals surface area contributed by atoms with Crippen LogP contribution in [-0.2, 0) is 19.1 Å². The summed E-state index contributed by atoms with van der Waals surface area (Å²) in [6.07, 6.45) is 34.8. The number of imidazole rings is 4. The first-order chi connectivity index (χ1) is 68.1. The minimum absolute atomic E-state index is 0.0279. The lowest BCUT2D eigenvalue weighted by Gasteiger charge is -2.26. The summed E-state index contributed by atoms with van der Waals surface area (Å²) in [6.45, 7) is 9.80. The van der Waals surface area contributed by atoms with Gasteiger partial charge in [-0.3, -0.25) is 93.8 Å². The Morgan fingerprint density at radius 2 is 0.650 bits per heavy atom. The van der Waals surface area contributed by atoms with E-state index in [1.807, 2.05) is 76.2 Å². The van der Waals surface area contributed by atoms with Crippen LogP contribution in [0.3, 0.4) is 0 Å². The minimum Gasteiger partial charge on any atom is -0.378 e. The largest absolute Gasteiger partial charge is 0.378 e. The van der Waals surface area contributed by atoms with E-state index in [1.54, 1.807) is 132 Å². The van der Waals surface area contributed by atoms with Crippen molar-refractivity contribution in [2.24, 2.45) is 17.8 Å². The lowest BCUT2D eigenvalue weighted by Crippen LogP contribution is -2.43. The van der Waals surface area contributed by atoms with Gasteiger partial charge in [0.05, 0.1) is 151 Å². The number of ether oxygens (including phenoxy) is 1. The maximum absolute atomic E-state index is 12.6. The smallest absolute Gasteiger partial charge is 0.322 e. The number of nitrogens with one attached hydrogen (secondary N) is 16. The summed E-state index contributed by atoms with van der Waals surface area (Å²) in [5.74, 6) is 1.06. The van der Waals surface area contributed by atoms with Gasteiger partial charge in [0.2, 0.25) is 17.7 Å². The maximum Gasteiger partial charge on any atom is 0.322 e. The van der Waals surface area contributed by atoms with Crippen LogP contribution in [0.1, 0.15) is 88.4 Å². The fourth-order valence-electron chi connectivity index (χ4n) is 15.5. The zero-order chi connectivity index (χ0) is 96.9. The van der Waals surface area contributed by atoms with Crippen molar-refractivity contribution in [3.63, 3.8) is 0 Å². The predicted molar refractivity (Wildman–Crippen MR) is 518 cm³/mol. The lowest BCUT2D eigenvalue weighted by molar-refractivity contribution is -0.119. The van der Waals surface area contributed by atoms with Crippen LogP contribution in [-0.4, -0.2) is 247 Å². The molecule has 46 nitrogen and oxygen atoms in total. The van der Waals surface area contributed by atoms with Crippen LogP contribution in [0.4, 0.5) is 27.5 Å². The molecule has 46 heteroatoms. The number of rotatable bonds is 20. The number of nitrogens with zero attached hydrogens (tertiary/aromatic N) is 21. The second kappa shape index (κ2) is 39.0. The quantitative estimate of drug-likeness (QED) is 0.0337. The summed E-state index contributed by atoms with van der Waals surface area (Å²) < 4.78 is 5.31. The average molecular weight is 1880 g/mol. The van der Waals surface area contributed by atoms with Crippen molar-refractivity contribution in [3.05, 3.63) is 195 Å². The molecular formula is C94H85N37O9. The van der Waals surface area contributed by atoms with Crippen molar-refractivity contribution < 1.29 is 43.1 Å². The fraction of sp³-hybridized carbons (Fsp3) is 0.191. The molecule has 700 valence electrons. The number of aromatic nitrogens is 28. The number of aromatic amines is 8. The van der Waals surface area contributed by atoms with Crippen LogP contribution >= 0.6 is 0 Å². The van der Waals surface area contributed by atoms with E-state index in [-0.39, 0.29) is 65.1 Å². The number of anilines is 4. The molecule has 0 spiro atoms. The van der Waals surface area contributed by atoms with E-state index in [0.29, 0.717) is 191 Å². The first-order valence-corrected chi connectivity index (χ1v) is 44.1. The Balaban J connectivity index is 0.000000119. The zero-order valence-corrected chi connectivity index (χ0v) is 75.9. The topological polar surface area (TPSA) is 629 Å². The van der Waals surface area contributed by atoms with E-state index < -0.39 is 0 Å². The summed E-state index contributed by atoms with van der Waals surface area (Å²) >= 11 is 0. The van der Waals surface area contributed by atoms with Crippen LogP contribution in [0, 0.1) is 17.8 Å². The molecule has 1 saturated carbocycles. The number of hydrogen-bond donors (Lipinski definition) is 16. The molecule has 0 unspecified atom stereocenters. The summed E-state index contributed by atoms with van der Waals surface area (Å²) in [5, 5.41) is 54.1. The van der Waals surface area contributed by atoms with Crippen molar-refractivity contribution in [1.82, 2.24) is 167 Å². The lowest BCUT2D eigenvalue weighted by atomic mass is 10.1. The van der Waals surface area contributed by atoms with Gasteiger partial charge in [0.15, 0.2) is 45.9 Å². The number of carbonyl (C=O) groups is 8. The Bertz CT molecular complexity index is 8010. The number of amides is 9. The molecule has 1 aliphatic heterocycles. The second-order valence-corrected chi connectivity index (χ2v) is 33.2.